The molecule has 0 spiro atoms. The molecule has 0 aliphatic heterocycles. The largest absolute Gasteiger partial charge is 0.493 e. The van der Waals surface area contributed by atoms with E-state index in [1.54, 1.807) is 36.4 Å². The second-order valence-electron chi connectivity index (χ2n) is 8.25. The lowest BCUT2D eigenvalue weighted by atomic mass is 10.0. The first kappa shape index (κ1) is 24.7. The zero-order chi connectivity index (χ0) is 23.6. The number of rotatable bonds is 12. The molecule has 0 aromatic heterocycles. The molecule has 0 radical (unpaired) electrons. The van der Waals surface area contributed by atoms with Crippen molar-refractivity contribution < 1.29 is 22.6 Å². The second kappa shape index (κ2) is 12.3. The molecule has 176 valence electrons. The Kier molecular flexibility index (Phi) is 9.23. The van der Waals surface area contributed by atoms with Gasteiger partial charge in [-0.15, -0.1) is 0 Å². The van der Waals surface area contributed by atoms with Crippen LogP contribution in [0.1, 0.15) is 56.6 Å². The molecule has 3 aromatic rings. The van der Waals surface area contributed by atoms with Crippen molar-refractivity contribution in [3.63, 3.8) is 0 Å². The summed E-state index contributed by atoms with van der Waals surface area (Å²) in [5, 5.41) is 0. The Bertz CT molecular complexity index is 1030. The molecule has 3 aromatic carbocycles. The summed E-state index contributed by atoms with van der Waals surface area (Å²) < 4.78 is 53.4. The standard InChI is InChI=1S/C28H31F3O2/c1-3-4-5-6-7-8-17-32-23-14-15-24(25(29)18-23)22-12-10-21(11-13-22)19-33-26-16-9-20(2)27(30)28(26)31/h9-16,18H,3-8,17,19H2,1-2H3. The Balaban J connectivity index is 1.53. The van der Waals surface area contributed by atoms with Crippen molar-refractivity contribution in [1.82, 2.24) is 0 Å². The molecule has 0 aliphatic carbocycles. The van der Waals surface area contributed by atoms with Gasteiger partial charge in [0.15, 0.2) is 11.6 Å². The first-order chi connectivity index (χ1) is 16.0. The minimum Gasteiger partial charge on any atom is -0.493 e. The van der Waals surface area contributed by atoms with Crippen molar-refractivity contribution in [2.24, 2.45) is 0 Å². The molecule has 0 aliphatic rings. The van der Waals surface area contributed by atoms with Crippen LogP contribution in [0, 0.1) is 24.4 Å². The summed E-state index contributed by atoms with van der Waals surface area (Å²) in [5.41, 5.74) is 2.18. The quantitative estimate of drug-likeness (QED) is 0.255. The normalized spacial score (nSPS) is 10.9. The first-order valence-corrected chi connectivity index (χ1v) is 11.6. The minimum absolute atomic E-state index is 0.0768. The van der Waals surface area contributed by atoms with Crippen molar-refractivity contribution in [1.29, 1.82) is 0 Å². The number of hydrogen-bond acceptors (Lipinski definition) is 2. The van der Waals surface area contributed by atoms with Crippen LogP contribution in [0.5, 0.6) is 11.5 Å². The van der Waals surface area contributed by atoms with E-state index >= 15 is 0 Å². The van der Waals surface area contributed by atoms with Crippen LogP contribution >= 0.6 is 0 Å². The van der Waals surface area contributed by atoms with Crippen molar-refractivity contribution in [2.45, 2.75) is 59.0 Å². The summed E-state index contributed by atoms with van der Waals surface area (Å²) in [6.07, 6.45) is 7.06. The van der Waals surface area contributed by atoms with Crippen molar-refractivity contribution >= 4 is 0 Å². The molecular weight excluding hydrogens is 425 g/mol. The third-order valence-electron chi connectivity index (χ3n) is 5.61. The van der Waals surface area contributed by atoms with Crippen LogP contribution in [0.15, 0.2) is 54.6 Å². The third kappa shape index (κ3) is 7.01. The molecule has 0 unspecified atom stereocenters. The minimum atomic E-state index is -0.993. The second-order valence-corrected chi connectivity index (χ2v) is 8.25. The van der Waals surface area contributed by atoms with Crippen LogP contribution in [0.2, 0.25) is 0 Å². The van der Waals surface area contributed by atoms with Gasteiger partial charge in [-0.3, -0.25) is 0 Å². The van der Waals surface area contributed by atoms with Crippen LogP contribution in [0.4, 0.5) is 13.2 Å². The number of ether oxygens (including phenoxy) is 2. The highest BCUT2D eigenvalue weighted by Crippen LogP contribution is 2.28. The van der Waals surface area contributed by atoms with E-state index < -0.39 is 11.6 Å². The summed E-state index contributed by atoms with van der Waals surface area (Å²) in [4.78, 5) is 0. The smallest absolute Gasteiger partial charge is 0.200 e. The van der Waals surface area contributed by atoms with Crippen molar-refractivity contribution in [2.75, 3.05) is 6.61 Å². The zero-order valence-electron chi connectivity index (χ0n) is 19.3. The zero-order valence-corrected chi connectivity index (χ0v) is 19.3. The third-order valence-corrected chi connectivity index (χ3v) is 5.61. The molecule has 0 atom stereocenters. The molecule has 33 heavy (non-hydrogen) atoms. The topological polar surface area (TPSA) is 18.5 Å². The number of aryl methyl sites for hydroxylation is 1. The van der Waals surface area contributed by atoms with Gasteiger partial charge in [-0.05, 0) is 48.2 Å². The fourth-order valence-corrected chi connectivity index (χ4v) is 3.57. The van der Waals surface area contributed by atoms with E-state index in [2.05, 4.69) is 6.92 Å². The Labute approximate surface area is 194 Å². The van der Waals surface area contributed by atoms with Crippen molar-refractivity contribution in [3.8, 4) is 22.6 Å². The molecule has 0 N–H and O–H groups in total. The van der Waals surface area contributed by atoms with Gasteiger partial charge in [0, 0.05) is 11.6 Å². The maximum Gasteiger partial charge on any atom is 0.200 e. The van der Waals surface area contributed by atoms with Gasteiger partial charge >= 0.3 is 0 Å². The van der Waals surface area contributed by atoms with Gasteiger partial charge < -0.3 is 9.47 Å². The molecule has 0 bridgehead atoms. The fraction of sp³-hybridized carbons (Fsp3) is 0.357. The predicted octanol–water partition coefficient (Wildman–Crippen LogP) is 8.40. The summed E-state index contributed by atoms with van der Waals surface area (Å²) in [6.45, 7) is 4.36. The van der Waals surface area contributed by atoms with E-state index in [0.29, 0.717) is 23.5 Å². The molecule has 5 heteroatoms. The van der Waals surface area contributed by atoms with E-state index in [0.717, 1.165) is 18.4 Å². The number of benzene rings is 3. The molecule has 3 rings (SSSR count). The summed E-state index contributed by atoms with van der Waals surface area (Å²) in [7, 11) is 0. The lowest BCUT2D eigenvalue weighted by Gasteiger charge is -2.11. The molecule has 2 nitrogen and oxygen atoms in total. The van der Waals surface area contributed by atoms with Gasteiger partial charge in [0.2, 0.25) is 5.82 Å². The van der Waals surface area contributed by atoms with E-state index in [4.69, 9.17) is 9.47 Å². The average molecular weight is 457 g/mol. The Hall–Kier alpha value is -2.95. The molecule has 0 fully saturated rings. The van der Waals surface area contributed by atoms with Gasteiger partial charge in [-0.1, -0.05) is 69.4 Å². The predicted molar refractivity (Wildman–Crippen MR) is 126 cm³/mol. The SMILES string of the molecule is CCCCCCCCOc1ccc(-c2ccc(COc3ccc(C)c(F)c3F)cc2)c(F)c1. The van der Waals surface area contributed by atoms with Gasteiger partial charge in [0.05, 0.1) is 6.61 Å². The van der Waals surface area contributed by atoms with E-state index in [1.165, 1.54) is 50.8 Å². The highest BCUT2D eigenvalue weighted by atomic mass is 19.2. The molecule has 0 heterocycles. The van der Waals surface area contributed by atoms with Crippen LogP contribution in [-0.2, 0) is 6.61 Å². The fourth-order valence-electron chi connectivity index (χ4n) is 3.57. The molecular formula is C28H31F3O2. The molecule has 0 saturated heterocycles. The van der Waals surface area contributed by atoms with Gasteiger partial charge in [-0.2, -0.15) is 4.39 Å². The monoisotopic (exact) mass is 456 g/mol. The summed E-state index contributed by atoms with van der Waals surface area (Å²) >= 11 is 0. The van der Waals surface area contributed by atoms with Gasteiger partial charge in [-0.25, -0.2) is 8.78 Å². The number of unbranched alkanes of at least 4 members (excludes halogenated alkanes) is 5. The van der Waals surface area contributed by atoms with E-state index in [1.807, 2.05) is 0 Å². The summed E-state index contributed by atoms with van der Waals surface area (Å²) in [6, 6.07) is 14.9. The molecule has 0 amide bonds. The number of halogens is 3. The highest BCUT2D eigenvalue weighted by molar-refractivity contribution is 5.65. The molecule has 0 saturated carbocycles. The average Bonchev–Trinajstić information content (AvgIpc) is 2.82. The van der Waals surface area contributed by atoms with Crippen LogP contribution in [-0.4, -0.2) is 6.61 Å². The first-order valence-electron chi connectivity index (χ1n) is 11.6. The Morgan fingerprint density at radius 3 is 2.18 bits per heavy atom. The van der Waals surface area contributed by atoms with Crippen LogP contribution < -0.4 is 9.47 Å². The van der Waals surface area contributed by atoms with E-state index in [9.17, 15) is 13.2 Å². The van der Waals surface area contributed by atoms with E-state index in [-0.39, 0.29) is 23.7 Å². The Morgan fingerprint density at radius 1 is 0.727 bits per heavy atom. The van der Waals surface area contributed by atoms with Crippen LogP contribution in [0.3, 0.4) is 0 Å². The highest BCUT2D eigenvalue weighted by Gasteiger charge is 2.12. The number of hydrogen-bond donors (Lipinski definition) is 0. The van der Waals surface area contributed by atoms with Crippen LogP contribution in [0.25, 0.3) is 11.1 Å². The summed E-state index contributed by atoms with van der Waals surface area (Å²) in [5.74, 6) is -1.85. The lowest BCUT2D eigenvalue weighted by molar-refractivity contribution is 0.284. The maximum atomic E-state index is 14.7. The lowest BCUT2D eigenvalue weighted by Crippen LogP contribution is -2.00. The maximum absolute atomic E-state index is 14.7. The Morgan fingerprint density at radius 2 is 1.45 bits per heavy atom. The van der Waals surface area contributed by atoms with Gasteiger partial charge in [0.1, 0.15) is 18.2 Å². The van der Waals surface area contributed by atoms with Gasteiger partial charge in [0.25, 0.3) is 0 Å². The van der Waals surface area contributed by atoms with Crippen molar-refractivity contribution in [3.05, 3.63) is 83.2 Å².